The summed E-state index contributed by atoms with van der Waals surface area (Å²) in [5, 5.41) is 14.2. The molecule has 0 bridgehead atoms. The van der Waals surface area contributed by atoms with E-state index < -0.39 is 0 Å². The standard InChI is InChI=1S/C20H28N4O3/c25-20(21-11-10-17-6-2-1-3-7-17)16-22-12-14-23(15-13-22)18-8-4-5-9-19(18)24(26)27/h4-6,8-9H,1-3,7,10-16H2,(H,21,25). The number of nitro benzene ring substituents is 1. The zero-order chi connectivity index (χ0) is 19.1. The second-order valence-electron chi connectivity index (χ2n) is 7.22. The fraction of sp³-hybridized carbons (Fsp3) is 0.550. The Balaban J connectivity index is 1.41. The molecule has 3 rings (SSSR count). The number of hydrogen-bond acceptors (Lipinski definition) is 5. The van der Waals surface area contributed by atoms with Crippen LogP contribution in [0.25, 0.3) is 0 Å². The summed E-state index contributed by atoms with van der Waals surface area (Å²) in [6.45, 7) is 3.93. The van der Waals surface area contributed by atoms with Crippen molar-refractivity contribution in [3.05, 3.63) is 46.0 Å². The second kappa shape index (κ2) is 9.50. The maximum absolute atomic E-state index is 12.2. The molecular formula is C20H28N4O3. The Bertz CT molecular complexity index is 696. The third-order valence-electron chi connectivity index (χ3n) is 5.31. The molecule has 0 atom stereocenters. The van der Waals surface area contributed by atoms with Gasteiger partial charge in [-0.3, -0.25) is 19.8 Å². The van der Waals surface area contributed by atoms with Gasteiger partial charge in [-0.25, -0.2) is 0 Å². The van der Waals surface area contributed by atoms with E-state index in [1.807, 2.05) is 11.0 Å². The number of nitrogens with one attached hydrogen (secondary N) is 1. The molecule has 1 aromatic rings. The van der Waals surface area contributed by atoms with Crippen LogP contribution in [0.5, 0.6) is 0 Å². The second-order valence-corrected chi connectivity index (χ2v) is 7.22. The van der Waals surface area contributed by atoms with E-state index in [4.69, 9.17) is 0 Å². The van der Waals surface area contributed by atoms with Gasteiger partial charge in [-0.1, -0.05) is 23.8 Å². The van der Waals surface area contributed by atoms with Crippen LogP contribution < -0.4 is 10.2 Å². The van der Waals surface area contributed by atoms with Crippen LogP contribution in [0.1, 0.15) is 32.1 Å². The fourth-order valence-electron chi connectivity index (χ4n) is 3.79. The molecule has 0 aromatic heterocycles. The number of nitrogens with zero attached hydrogens (tertiary/aromatic N) is 3. The summed E-state index contributed by atoms with van der Waals surface area (Å²) in [7, 11) is 0. The minimum atomic E-state index is -0.336. The molecule has 0 spiro atoms. The Morgan fingerprint density at radius 3 is 2.63 bits per heavy atom. The number of para-hydroxylation sites is 2. The first kappa shape index (κ1) is 19.4. The number of rotatable bonds is 7. The van der Waals surface area contributed by atoms with Crippen molar-refractivity contribution in [3.8, 4) is 0 Å². The van der Waals surface area contributed by atoms with E-state index in [-0.39, 0.29) is 16.5 Å². The van der Waals surface area contributed by atoms with E-state index in [1.54, 1.807) is 12.1 Å². The van der Waals surface area contributed by atoms with Gasteiger partial charge in [-0.2, -0.15) is 0 Å². The van der Waals surface area contributed by atoms with Crippen LogP contribution >= 0.6 is 0 Å². The number of benzene rings is 1. The molecule has 1 aliphatic heterocycles. The summed E-state index contributed by atoms with van der Waals surface area (Å²) >= 11 is 0. The van der Waals surface area contributed by atoms with Gasteiger partial charge in [0.05, 0.1) is 11.5 Å². The molecule has 7 nitrogen and oxygen atoms in total. The third-order valence-corrected chi connectivity index (χ3v) is 5.31. The molecule has 146 valence electrons. The van der Waals surface area contributed by atoms with Crippen molar-refractivity contribution in [1.29, 1.82) is 0 Å². The lowest BCUT2D eigenvalue weighted by molar-refractivity contribution is -0.384. The monoisotopic (exact) mass is 372 g/mol. The number of anilines is 1. The van der Waals surface area contributed by atoms with Crippen LogP contribution in [0.15, 0.2) is 35.9 Å². The Hall–Kier alpha value is -2.41. The number of carbonyl (C=O) groups excluding carboxylic acids is 1. The lowest BCUT2D eigenvalue weighted by Gasteiger charge is -2.35. The minimum Gasteiger partial charge on any atom is -0.363 e. The Kier molecular flexibility index (Phi) is 6.81. The largest absolute Gasteiger partial charge is 0.363 e. The molecule has 0 unspecified atom stereocenters. The molecule has 1 N–H and O–H groups in total. The predicted octanol–water partition coefficient (Wildman–Crippen LogP) is 2.72. The SMILES string of the molecule is O=C(CN1CCN(c2ccccc2[N+](=O)[O-])CC1)NCCC1=CCCCC1. The number of nitro groups is 1. The normalized spacial score (nSPS) is 18.1. The number of amides is 1. The van der Waals surface area contributed by atoms with Crippen molar-refractivity contribution in [2.75, 3.05) is 44.2 Å². The third kappa shape index (κ3) is 5.53. The van der Waals surface area contributed by atoms with Gasteiger partial charge in [-0.05, 0) is 38.2 Å². The van der Waals surface area contributed by atoms with Crippen molar-refractivity contribution in [2.45, 2.75) is 32.1 Å². The molecule has 27 heavy (non-hydrogen) atoms. The molecule has 0 radical (unpaired) electrons. The van der Waals surface area contributed by atoms with Crippen molar-refractivity contribution in [1.82, 2.24) is 10.2 Å². The topological polar surface area (TPSA) is 78.7 Å². The van der Waals surface area contributed by atoms with E-state index >= 15 is 0 Å². The number of carbonyl (C=O) groups is 1. The highest BCUT2D eigenvalue weighted by Gasteiger charge is 2.24. The van der Waals surface area contributed by atoms with Crippen LogP contribution in [-0.2, 0) is 4.79 Å². The van der Waals surface area contributed by atoms with Crippen LogP contribution in [0.4, 0.5) is 11.4 Å². The van der Waals surface area contributed by atoms with E-state index in [0.717, 1.165) is 19.5 Å². The summed E-state index contributed by atoms with van der Waals surface area (Å²) < 4.78 is 0. The van der Waals surface area contributed by atoms with Crippen molar-refractivity contribution < 1.29 is 9.72 Å². The summed E-state index contributed by atoms with van der Waals surface area (Å²) in [4.78, 5) is 27.2. The molecule has 1 aromatic carbocycles. The summed E-state index contributed by atoms with van der Waals surface area (Å²) in [5.41, 5.74) is 2.27. The Labute approximate surface area is 160 Å². The van der Waals surface area contributed by atoms with Gasteiger partial charge in [0.25, 0.3) is 5.69 Å². The molecule has 1 fully saturated rings. The van der Waals surface area contributed by atoms with Gasteiger partial charge in [0.15, 0.2) is 0 Å². The maximum Gasteiger partial charge on any atom is 0.292 e. The first-order chi connectivity index (χ1) is 13.1. The quantitative estimate of drug-likeness (QED) is 0.452. The molecule has 7 heteroatoms. The zero-order valence-corrected chi connectivity index (χ0v) is 15.7. The van der Waals surface area contributed by atoms with Crippen molar-refractivity contribution in [2.24, 2.45) is 0 Å². The smallest absolute Gasteiger partial charge is 0.292 e. The van der Waals surface area contributed by atoms with Crippen LogP contribution in [0.3, 0.4) is 0 Å². The number of allylic oxidation sites excluding steroid dienone is 1. The predicted molar refractivity (Wildman–Crippen MR) is 106 cm³/mol. The highest BCUT2D eigenvalue weighted by molar-refractivity contribution is 5.78. The number of piperazine rings is 1. The minimum absolute atomic E-state index is 0.0607. The molecule has 1 aliphatic carbocycles. The average Bonchev–Trinajstić information content (AvgIpc) is 2.69. The van der Waals surface area contributed by atoms with Gasteiger partial charge < -0.3 is 10.2 Å². The number of hydrogen-bond donors (Lipinski definition) is 1. The van der Waals surface area contributed by atoms with Crippen LogP contribution in [0.2, 0.25) is 0 Å². The van der Waals surface area contributed by atoms with Crippen LogP contribution in [-0.4, -0.2) is 55.0 Å². The molecular weight excluding hydrogens is 344 g/mol. The van der Waals surface area contributed by atoms with Gasteiger partial charge in [0.1, 0.15) is 5.69 Å². The highest BCUT2D eigenvalue weighted by Crippen LogP contribution is 2.28. The molecule has 1 amide bonds. The van der Waals surface area contributed by atoms with Gasteiger partial charge in [-0.15, -0.1) is 0 Å². The van der Waals surface area contributed by atoms with Gasteiger partial charge in [0.2, 0.25) is 5.91 Å². The maximum atomic E-state index is 12.2. The van der Waals surface area contributed by atoms with Crippen molar-refractivity contribution >= 4 is 17.3 Å². The Morgan fingerprint density at radius 2 is 1.93 bits per heavy atom. The van der Waals surface area contributed by atoms with E-state index in [1.165, 1.54) is 37.3 Å². The van der Waals surface area contributed by atoms with Gasteiger partial charge in [0, 0.05) is 38.8 Å². The zero-order valence-electron chi connectivity index (χ0n) is 15.7. The van der Waals surface area contributed by atoms with E-state index in [9.17, 15) is 14.9 Å². The average molecular weight is 372 g/mol. The summed E-state index contributed by atoms with van der Waals surface area (Å²) in [6.07, 6.45) is 8.17. The highest BCUT2D eigenvalue weighted by atomic mass is 16.6. The molecule has 2 aliphatic rings. The first-order valence-electron chi connectivity index (χ1n) is 9.79. The van der Waals surface area contributed by atoms with E-state index in [0.29, 0.717) is 31.9 Å². The molecule has 0 saturated carbocycles. The van der Waals surface area contributed by atoms with Crippen LogP contribution in [0, 0.1) is 10.1 Å². The fourth-order valence-corrected chi connectivity index (χ4v) is 3.79. The molecule has 1 saturated heterocycles. The van der Waals surface area contributed by atoms with Crippen molar-refractivity contribution in [3.63, 3.8) is 0 Å². The first-order valence-corrected chi connectivity index (χ1v) is 9.79. The lowest BCUT2D eigenvalue weighted by atomic mass is 9.97. The Morgan fingerprint density at radius 1 is 1.15 bits per heavy atom. The lowest BCUT2D eigenvalue weighted by Crippen LogP contribution is -2.49. The summed E-state index contributed by atoms with van der Waals surface area (Å²) in [5.74, 6) is 0.0607. The molecule has 1 heterocycles. The van der Waals surface area contributed by atoms with E-state index in [2.05, 4.69) is 16.3 Å². The van der Waals surface area contributed by atoms with Gasteiger partial charge >= 0.3 is 0 Å². The summed E-state index contributed by atoms with van der Waals surface area (Å²) in [6, 6.07) is 6.84.